The molecule has 0 aliphatic carbocycles. The van der Waals surface area contributed by atoms with E-state index in [0.717, 1.165) is 5.56 Å². The van der Waals surface area contributed by atoms with Crippen molar-refractivity contribution in [3.8, 4) is 0 Å². The zero-order valence-corrected chi connectivity index (χ0v) is 10.0. The lowest BCUT2D eigenvalue weighted by molar-refractivity contribution is 0.357. The van der Waals surface area contributed by atoms with Gasteiger partial charge in [-0.25, -0.2) is 4.68 Å². The van der Waals surface area contributed by atoms with Crippen LogP contribution in [0.5, 0.6) is 0 Å². The molecule has 2 rings (SSSR count). The smallest absolute Gasteiger partial charge is 0.267 e. The molecule has 0 saturated heterocycles. The molecule has 0 radical (unpaired) electrons. The lowest BCUT2D eigenvalue weighted by Crippen LogP contribution is -2.22. The second-order valence-corrected chi connectivity index (χ2v) is 4.23. The van der Waals surface area contributed by atoms with Crippen molar-refractivity contribution in [1.29, 1.82) is 0 Å². The molecule has 0 aliphatic rings. The van der Waals surface area contributed by atoms with Crippen LogP contribution in [0.2, 0.25) is 0 Å². The van der Waals surface area contributed by atoms with Gasteiger partial charge in [0.1, 0.15) is 6.54 Å². The summed E-state index contributed by atoms with van der Waals surface area (Å²) in [6.07, 6.45) is 1.63. The second-order valence-electron chi connectivity index (χ2n) is 4.23. The highest BCUT2D eigenvalue weighted by Gasteiger charge is 2.10. The molecule has 0 spiro atoms. The summed E-state index contributed by atoms with van der Waals surface area (Å²) in [5, 5.41) is 7.83. The van der Waals surface area contributed by atoms with Crippen LogP contribution in [0.15, 0.2) is 21.6 Å². The Balaban J connectivity index is 2.22. The third-order valence-corrected chi connectivity index (χ3v) is 2.29. The summed E-state index contributed by atoms with van der Waals surface area (Å²) >= 11 is 0. The molecule has 17 heavy (non-hydrogen) atoms. The maximum absolute atomic E-state index is 11.6. The van der Waals surface area contributed by atoms with Crippen LogP contribution >= 0.6 is 0 Å². The highest BCUT2D eigenvalue weighted by molar-refractivity contribution is 5.03. The van der Waals surface area contributed by atoms with Crippen molar-refractivity contribution in [1.82, 2.24) is 19.9 Å². The Morgan fingerprint density at radius 3 is 2.82 bits per heavy atom. The van der Waals surface area contributed by atoms with E-state index in [4.69, 9.17) is 4.52 Å². The number of hydrogen-bond donors (Lipinski definition) is 0. The summed E-state index contributed by atoms with van der Waals surface area (Å²) in [6, 6.07) is 1.52. The quantitative estimate of drug-likeness (QED) is 0.795. The molecule has 2 aromatic heterocycles. The largest absolute Gasteiger partial charge is 0.337 e. The SMILES string of the molecule is Cc1cnn(Cc2nc(C(C)C)no2)c(=O)c1. The van der Waals surface area contributed by atoms with Gasteiger partial charge >= 0.3 is 0 Å². The first kappa shape index (κ1) is 11.5. The van der Waals surface area contributed by atoms with E-state index in [-0.39, 0.29) is 18.0 Å². The van der Waals surface area contributed by atoms with Crippen molar-refractivity contribution in [2.75, 3.05) is 0 Å². The van der Waals surface area contributed by atoms with Gasteiger partial charge in [0.15, 0.2) is 5.82 Å². The summed E-state index contributed by atoms with van der Waals surface area (Å²) < 4.78 is 6.35. The minimum absolute atomic E-state index is 0.172. The Hall–Kier alpha value is -1.98. The summed E-state index contributed by atoms with van der Waals surface area (Å²) in [4.78, 5) is 15.8. The van der Waals surface area contributed by atoms with Gasteiger partial charge in [-0.2, -0.15) is 10.1 Å². The van der Waals surface area contributed by atoms with Crippen LogP contribution < -0.4 is 5.56 Å². The van der Waals surface area contributed by atoms with Crippen LogP contribution in [-0.2, 0) is 6.54 Å². The van der Waals surface area contributed by atoms with Crippen molar-refractivity contribution in [2.24, 2.45) is 0 Å². The molecule has 0 N–H and O–H groups in total. The monoisotopic (exact) mass is 234 g/mol. The molecule has 0 bridgehead atoms. The fraction of sp³-hybridized carbons (Fsp3) is 0.455. The van der Waals surface area contributed by atoms with E-state index in [1.54, 1.807) is 6.20 Å². The van der Waals surface area contributed by atoms with Gasteiger partial charge in [0.05, 0.1) is 6.20 Å². The number of aromatic nitrogens is 4. The lowest BCUT2D eigenvalue weighted by Gasteiger charge is -1.99. The Morgan fingerprint density at radius 2 is 2.24 bits per heavy atom. The predicted molar refractivity (Wildman–Crippen MR) is 60.7 cm³/mol. The standard InChI is InChI=1S/C11H14N4O2/c1-7(2)11-13-9(17-14-11)6-15-10(16)4-8(3)5-12-15/h4-5,7H,6H2,1-3H3. The van der Waals surface area contributed by atoms with Gasteiger partial charge in [0, 0.05) is 12.0 Å². The van der Waals surface area contributed by atoms with Gasteiger partial charge in [-0.05, 0) is 12.5 Å². The summed E-state index contributed by atoms with van der Waals surface area (Å²) in [5.41, 5.74) is 0.661. The minimum atomic E-state index is -0.172. The van der Waals surface area contributed by atoms with Crippen molar-refractivity contribution < 1.29 is 4.52 Å². The van der Waals surface area contributed by atoms with E-state index in [0.29, 0.717) is 11.7 Å². The van der Waals surface area contributed by atoms with Crippen molar-refractivity contribution in [2.45, 2.75) is 33.2 Å². The number of rotatable bonds is 3. The highest BCUT2D eigenvalue weighted by atomic mass is 16.5. The molecule has 0 aliphatic heterocycles. The zero-order valence-electron chi connectivity index (χ0n) is 10.0. The average molecular weight is 234 g/mol. The van der Waals surface area contributed by atoms with E-state index in [1.807, 2.05) is 20.8 Å². The van der Waals surface area contributed by atoms with Crippen LogP contribution in [0.1, 0.15) is 37.0 Å². The maximum atomic E-state index is 11.6. The molecular weight excluding hydrogens is 220 g/mol. The molecule has 0 atom stereocenters. The second kappa shape index (κ2) is 4.48. The predicted octanol–water partition coefficient (Wildman–Crippen LogP) is 1.11. The highest BCUT2D eigenvalue weighted by Crippen LogP contribution is 2.09. The summed E-state index contributed by atoms with van der Waals surface area (Å²) in [5.74, 6) is 1.24. The molecule has 0 amide bonds. The Morgan fingerprint density at radius 1 is 1.47 bits per heavy atom. The lowest BCUT2D eigenvalue weighted by atomic mass is 10.2. The van der Waals surface area contributed by atoms with E-state index in [9.17, 15) is 4.79 Å². The fourth-order valence-corrected chi connectivity index (χ4v) is 1.34. The van der Waals surface area contributed by atoms with Gasteiger partial charge in [0.2, 0.25) is 5.89 Å². The van der Waals surface area contributed by atoms with Gasteiger partial charge in [-0.1, -0.05) is 19.0 Å². The fourth-order valence-electron chi connectivity index (χ4n) is 1.34. The van der Waals surface area contributed by atoms with E-state index in [1.165, 1.54) is 10.7 Å². The Bertz CT molecular complexity index is 571. The van der Waals surface area contributed by atoms with Crippen LogP contribution in [0.4, 0.5) is 0 Å². The third kappa shape index (κ3) is 2.58. The molecular formula is C11H14N4O2. The van der Waals surface area contributed by atoms with Gasteiger partial charge in [0.25, 0.3) is 5.56 Å². The molecule has 0 aromatic carbocycles. The van der Waals surface area contributed by atoms with Crippen LogP contribution in [0, 0.1) is 6.92 Å². The minimum Gasteiger partial charge on any atom is -0.337 e. The van der Waals surface area contributed by atoms with E-state index in [2.05, 4.69) is 15.2 Å². The molecule has 2 heterocycles. The first-order valence-electron chi connectivity index (χ1n) is 5.42. The van der Waals surface area contributed by atoms with Gasteiger partial charge < -0.3 is 4.52 Å². The van der Waals surface area contributed by atoms with Crippen LogP contribution in [-0.4, -0.2) is 19.9 Å². The van der Waals surface area contributed by atoms with Crippen molar-refractivity contribution in [3.63, 3.8) is 0 Å². The normalized spacial score (nSPS) is 11.1. The van der Waals surface area contributed by atoms with Crippen molar-refractivity contribution >= 4 is 0 Å². The number of aryl methyl sites for hydroxylation is 1. The summed E-state index contributed by atoms with van der Waals surface area (Å²) in [6.45, 7) is 5.98. The first-order valence-corrected chi connectivity index (χ1v) is 5.42. The topological polar surface area (TPSA) is 73.8 Å². The van der Waals surface area contributed by atoms with E-state index < -0.39 is 0 Å². The maximum Gasteiger partial charge on any atom is 0.267 e. The first-order chi connectivity index (χ1) is 8.06. The Labute approximate surface area is 98.3 Å². The summed E-state index contributed by atoms with van der Waals surface area (Å²) in [7, 11) is 0. The molecule has 6 heteroatoms. The van der Waals surface area contributed by atoms with Gasteiger partial charge in [-0.15, -0.1) is 0 Å². The van der Waals surface area contributed by atoms with E-state index >= 15 is 0 Å². The molecule has 2 aromatic rings. The molecule has 0 fully saturated rings. The number of nitrogens with zero attached hydrogens (tertiary/aromatic N) is 4. The molecule has 6 nitrogen and oxygen atoms in total. The van der Waals surface area contributed by atoms with Gasteiger partial charge in [-0.3, -0.25) is 4.79 Å². The van der Waals surface area contributed by atoms with Crippen LogP contribution in [0.3, 0.4) is 0 Å². The van der Waals surface area contributed by atoms with Crippen LogP contribution in [0.25, 0.3) is 0 Å². The van der Waals surface area contributed by atoms with Crippen molar-refractivity contribution in [3.05, 3.63) is 39.9 Å². The average Bonchev–Trinajstić information content (AvgIpc) is 2.71. The Kier molecular flexibility index (Phi) is 3.03. The molecule has 0 saturated carbocycles. The zero-order chi connectivity index (χ0) is 12.4. The molecule has 0 unspecified atom stereocenters. The third-order valence-electron chi connectivity index (χ3n) is 2.29. The number of hydrogen-bond acceptors (Lipinski definition) is 5. The molecule has 90 valence electrons.